The van der Waals surface area contributed by atoms with Gasteiger partial charge in [-0.3, -0.25) is 28.3 Å². The number of aromatic nitrogens is 2. The molecule has 3 aliphatic rings. The first-order valence-electron chi connectivity index (χ1n) is 19.8. The second-order valence-electron chi connectivity index (χ2n) is 18.7. The number of carboxylic acids is 1. The largest absolute Gasteiger partial charge is 0.481 e. The summed E-state index contributed by atoms with van der Waals surface area (Å²) in [6, 6.07) is -1.84. The van der Waals surface area contributed by atoms with Crippen LogP contribution in [0.4, 0.5) is 0 Å². The van der Waals surface area contributed by atoms with Crippen LogP contribution in [0.2, 0.25) is 36.3 Å². The van der Waals surface area contributed by atoms with Gasteiger partial charge in [-0.15, -0.1) is 0 Å². The highest BCUT2D eigenvalue weighted by Crippen LogP contribution is 2.52. The molecule has 21 heteroatoms. The Bertz CT molecular complexity index is 2000. The summed E-state index contributed by atoms with van der Waals surface area (Å²) in [5, 5.41) is 12.0. The van der Waals surface area contributed by atoms with E-state index in [0.29, 0.717) is 19.4 Å². The van der Waals surface area contributed by atoms with Gasteiger partial charge in [-0.1, -0.05) is 41.5 Å². The number of nitrogens with one attached hydrogen (secondary N) is 1. The van der Waals surface area contributed by atoms with Crippen molar-refractivity contribution in [3.63, 3.8) is 0 Å². The van der Waals surface area contributed by atoms with Gasteiger partial charge in [-0.25, -0.2) is 8.98 Å². The van der Waals surface area contributed by atoms with E-state index in [9.17, 15) is 32.4 Å². The number of amides is 2. The van der Waals surface area contributed by atoms with E-state index in [2.05, 4.69) is 26.1 Å². The van der Waals surface area contributed by atoms with Gasteiger partial charge in [0.15, 0.2) is 28.5 Å². The minimum Gasteiger partial charge on any atom is -0.481 e. The maximum atomic E-state index is 14.4. The topological polar surface area (TPSA) is 254 Å². The molecule has 3 aliphatic heterocycles. The number of carbonyl (C=O) groups excluding carboxylic acids is 2. The molecule has 0 radical (unpaired) electrons. The Morgan fingerprint density at radius 1 is 1.09 bits per heavy atom. The number of carboxylic acid groups (broad SMARTS) is 1. The van der Waals surface area contributed by atoms with Gasteiger partial charge in [0.1, 0.15) is 18.2 Å². The molecule has 2 saturated heterocycles. The molecule has 0 saturated carbocycles. The van der Waals surface area contributed by atoms with Crippen molar-refractivity contribution in [2.75, 3.05) is 19.7 Å². The first kappa shape index (κ1) is 47.5. The van der Waals surface area contributed by atoms with Gasteiger partial charge in [-0.2, -0.15) is 8.42 Å². The summed E-state index contributed by atoms with van der Waals surface area (Å²) in [5.74, 6) is -2.00. The number of rotatable bonds is 15. The summed E-state index contributed by atoms with van der Waals surface area (Å²) in [5.41, 5.74) is 9.35. The van der Waals surface area contributed by atoms with Crippen LogP contribution in [0.1, 0.15) is 85.4 Å². The first-order chi connectivity index (χ1) is 26.5. The second kappa shape index (κ2) is 17.1. The summed E-state index contributed by atoms with van der Waals surface area (Å²) >= 11 is 0. The quantitative estimate of drug-likeness (QED) is 0.112. The van der Waals surface area contributed by atoms with E-state index >= 15 is 0 Å². The van der Waals surface area contributed by atoms with Crippen LogP contribution in [-0.4, -0.2) is 112 Å². The summed E-state index contributed by atoms with van der Waals surface area (Å²) < 4.78 is 54.7. The van der Waals surface area contributed by atoms with Crippen molar-refractivity contribution in [2.45, 2.75) is 160 Å². The normalized spacial score (nSPS) is 25.6. The van der Waals surface area contributed by atoms with Crippen LogP contribution >= 0.6 is 0 Å². The van der Waals surface area contributed by atoms with Crippen LogP contribution in [-0.2, 0) is 48.8 Å². The number of nitrogens with zero attached hydrogens (tertiary/aromatic N) is 3. The zero-order chi connectivity index (χ0) is 44.0. The Labute approximate surface area is 343 Å². The molecule has 328 valence electrons. The molecule has 1 aromatic heterocycles. The van der Waals surface area contributed by atoms with Crippen molar-refractivity contribution in [3.05, 3.63) is 43.7 Å². The average Bonchev–Trinajstić information content (AvgIpc) is 3.76. The van der Waals surface area contributed by atoms with Crippen molar-refractivity contribution >= 4 is 44.5 Å². The zero-order valence-electron chi connectivity index (χ0n) is 35.7. The zero-order valence-corrected chi connectivity index (χ0v) is 38.6. The number of ether oxygens (including phenoxy) is 1. The predicted molar refractivity (Wildman–Crippen MR) is 221 cm³/mol. The lowest BCUT2D eigenvalue weighted by Gasteiger charge is -2.43. The van der Waals surface area contributed by atoms with Gasteiger partial charge < -0.3 is 40.4 Å². The molecule has 58 heavy (non-hydrogen) atoms. The van der Waals surface area contributed by atoms with Crippen molar-refractivity contribution < 1.29 is 45.7 Å². The van der Waals surface area contributed by atoms with E-state index in [1.165, 1.54) is 15.7 Å². The number of aliphatic carboxylic acids is 1. The molecule has 6 N–H and O–H groups in total. The van der Waals surface area contributed by atoms with E-state index in [4.69, 9.17) is 34.3 Å². The fraction of sp³-hybridized carbons (Fsp3) is 0.757. The Morgan fingerprint density at radius 2 is 1.71 bits per heavy atom. The molecule has 6 atom stereocenters. The monoisotopic (exact) mass is 872 g/mol. The smallest absolute Gasteiger partial charge is 0.333 e. The highest BCUT2D eigenvalue weighted by molar-refractivity contribution is 7.90. The van der Waals surface area contributed by atoms with Crippen LogP contribution in [0.3, 0.4) is 0 Å². The number of hydrogen-bond donors (Lipinski definition) is 4. The molecule has 0 aliphatic carbocycles. The van der Waals surface area contributed by atoms with Crippen LogP contribution < -0.4 is 28.0 Å². The maximum Gasteiger partial charge on any atom is 0.333 e. The highest BCUT2D eigenvalue weighted by atomic mass is 32.2. The van der Waals surface area contributed by atoms with Crippen molar-refractivity contribution in [3.8, 4) is 0 Å². The fourth-order valence-corrected chi connectivity index (χ4v) is 10.3. The molecule has 1 aromatic rings. The minimum absolute atomic E-state index is 0.0562. The second-order valence-corrected chi connectivity index (χ2v) is 29.6. The lowest BCUT2D eigenvalue weighted by molar-refractivity contribution is -0.140. The highest BCUT2D eigenvalue weighted by Gasteiger charge is 2.67. The third-order valence-electron chi connectivity index (χ3n) is 12.4. The standard InChI is InChI=1S/C37H64N6O12SSi2/c1-23-20-43(34(49)42(31(23)47)19-13-17-40-30(46)25-14-12-18-41(25)32(48)24(38)15-16-28(44)45)33-29(54-58(10,11)36(5,6)7)37(26(39)22-56(50,51)55-37)27(53-33)21-52-57(8,9)35(2,3)4/h20,22,24-25,27,29,33H,12-19,21,38-39H2,1-11H3,(H,40,46)(H,44,45)/t24-,25-,27+,29-,33+,37+/m0/s1. The third-order valence-corrected chi connectivity index (χ3v) is 22.4. The third kappa shape index (κ3) is 9.71. The number of likely N-dealkylation sites (tertiary alicyclic amines) is 1. The molecule has 0 unspecified atom stereocenters. The average molecular weight is 873 g/mol. The molecular formula is C37H64N6O12SSi2. The van der Waals surface area contributed by atoms with Gasteiger partial charge in [-0.05, 0) is 68.9 Å². The summed E-state index contributed by atoms with van der Waals surface area (Å²) in [7, 11) is -9.58. The van der Waals surface area contributed by atoms with Crippen LogP contribution in [0.5, 0.6) is 0 Å². The maximum absolute atomic E-state index is 14.4. The van der Waals surface area contributed by atoms with E-state index in [-0.39, 0.29) is 60.3 Å². The number of hydrogen-bond acceptors (Lipinski definition) is 13. The van der Waals surface area contributed by atoms with E-state index in [0.717, 1.165) is 9.98 Å². The van der Waals surface area contributed by atoms with Gasteiger partial charge in [0, 0.05) is 37.8 Å². The molecule has 4 rings (SSSR count). The lowest BCUT2D eigenvalue weighted by Crippen LogP contribution is -2.59. The van der Waals surface area contributed by atoms with Crippen molar-refractivity contribution in [2.24, 2.45) is 11.5 Å². The molecule has 0 bridgehead atoms. The minimum atomic E-state index is -4.31. The number of carbonyl (C=O) groups is 3. The summed E-state index contributed by atoms with van der Waals surface area (Å²) in [6.45, 7) is 21.9. The molecule has 2 fully saturated rings. The Morgan fingerprint density at radius 3 is 2.26 bits per heavy atom. The van der Waals surface area contributed by atoms with Gasteiger partial charge >= 0.3 is 11.7 Å². The van der Waals surface area contributed by atoms with Gasteiger partial charge in [0.2, 0.25) is 11.8 Å². The number of nitrogens with two attached hydrogens (primary N) is 2. The van der Waals surface area contributed by atoms with Crippen molar-refractivity contribution in [1.82, 2.24) is 19.4 Å². The van der Waals surface area contributed by atoms with Gasteiger partial charge in [0.05, 0.1) is 23.8 Å². The lowest BCUT2D eigenvalue weighted by atomic mass is 9.89. The molecular weight excluding hydrogens is 809 g/mol. The fourth-order valence-electron chi connectivity index (χ4n) is 6.84. The number of aryl methyl sites for hydroxylation is 1. The van der Waals surface area contributed by atoms with E-state index in [1.54, 1.807) is 6.92 Å². The summed E-state index contributed by atoms with van der Waals surface area (Å²) in [4.78, 5) is 66.4. The SMILES string of the molecule is Cc1cn([C@@H]2O[C@H](CO[Si](C)(C)C(C)(C)C)[C@@]3(OS(=O)(=O)C=C3N)[C@H]2O[Si](C)(C)C(C)(C)C)c(=O)n(CCCNC(=O)[C@@H]2CCCN2C(=O)[C@@H](N)CCC(=O)O)c1=O. The van der Waals surface area contributed by atoms with E-state index < -0.39 is 91.9 Å². The Balaban J connectivity index is 1.66. The summed E-state index contributed by atoms with van der Waals surface area (Å²) in [6.07, 6.45) is -1.58. The van der Waals surface area contributed by atoms with E-state index in [1.807, 2.05) is 47.0 Å². The van der Waals surface area contributed by atoms with Crippen LogP contribution in [0.25, 0.3) is 0 Å². The van der Waals surface area contributed by atoms with Crippen LogP contribution in [0.15, 0.2) is 26.9 Å². The molecule has 4 heterocycles. The molecule has 0 aromatic carbocycles. The molecule has 2 amide bonds. The molecule has 1 spiro atoms. The van der Waals surface area contributed by atoms with Crippen molar-refractivity contribution in [1.29, 1.82) is 0 Å². The Kier molecular flexibility index (Phi) is 14.0. The predicted octanol–water partition coefficient (Wildman–Crippen LogP) is 2.22. The molecule has 18 nitrogen and oxygen atoms in total. The van der Waals surface area contributed by atoms with Crippen LogP contribution in [0, 0.1) is 6.92 Å². The first-order valence-corrected chi connectivity index (χ1v) is 27.0. The van der Waals surface area contributed by atoms with Gasteiger partial charge in [0.25, 0.3) is 15.7 Å². The Hall–Kier alpha value is -3.19.